The second-order valence-corrected chi connectivity index (χ2v) is 7.62. The molecule has 0 saturated heterocycles. The summed E-state index contributed by atoms with van der Waals surface area (Å²) in [5, 5.41) is 13.4. The van der Waals surface area contributed by atoms with Crippen molar-refractivity contribution in [1.29, 1.82) is 0 Å². The van der Waals surface area contributed by atoms with Gasteiger partial charge < -0.3 is 5.32 Å². The van der Waals surface area contributed by atoms with Crippen LogP contribution in [0.4, 0.5) is 11.4 Å². The lowest BCUT2D eigenvalue weighted by Gasteiger charge is -2.11. The number of nitrogens with zero attached hydrogens (tertiary/aromatic N) is 1. The minimum absolute atomic E-state index is 0.00856. The normalized spacial score (nSPS) is 12.9. The van der Waals surface area contributed by atoms with Gasteiger partial charge in [-0.25, -0.2) is 13.1 Å². The van der Waals surface area contributed by atoms with Crippen molar-refractivity contribution in [2.45, 2.75) is 11.8 Å². The van der Waals surface area contributed by atoms with Gasteiger partial charge in [0, 0.05) is 48.0 Å². The molecule has 0 spiro atoms. The molecule has 8 nitrogen and oxygen atoms in total. The number of rotatable bonds is 8. The topological polar surface area (TPSA) is 118 Å². The second-order valence-electron chi connectivity index (χ2n) is 4.02. The van der Waals surface area contributed by atoms with Crippen LogP contribution in [0.1, 0.15) is 6.92 Å². The summed E-state index contributed by atoms with van der Waals surface area (Å²) in [6, 6.07) is 3.54. The predicted molar refractivity (Wildman–Crippen MR) is 81.4 cm³/mol. The van der Waals surface area contributed by atoms with Crippen LogP contribution >= 0.6 is 0 Å². The Morgan fingerprint density at radius 1 is 1.38 bits per heavy atom. The van der Waals surface area contributed by atoms with E-state index >= 15 is 0 Å². The van der Waals surface area contributed by atoms with Gasteiger partial charge in [-0.2, -0.15) is 0 Å². The molecule has 0 fully saturated rings. The average Bonchev–Trinajstić information content (AvgIpc) is 2.45. The van der Waals surface area contributed by atoms with Crippen molar-refractivity contribution < 1.29 is 17.6 Å². The first-order valence-electron chi connectivity index (χ1n) is 6.12. The largest absolute Gasteiger partial charge is 0.387 e. The summed E-state index contributed by atoms with van der Waals surface area (Å²) in [7, 11) is -3.48. The fourth-order valence-corrected chi connectivity index (χ4v) is 3.57. The quantitative estimate of drug-likeness (QED) is 0.533. The first-order valence-corrected chi connectivity index (χ1v) is 9.09. The van der Waals surface area contributed by atoms with E-state index in [4.69, 9.17) is 0 Å². The number of benzene rings is 1. The molecule has 0 amide bonds. The average molecular weight is 335 g/mol. The van der Waals surface area contributed by atoms with E-state index < -0.39 is 25.7 Å². The van der Waals surface area contributed by atoms with E-state index in [1.807, 2.05) is 0 Å². The summed E-state index contributed by atoms with van der Waals surface area (Å²) >= 11 is 0. The molecule has 0 aliphatic carbocycles. The highest BCUT2D eigenvalue weighted by atomic mass is 32.2. The minimum atomic E-state index is -3.91. The molecule has 10 heteroatoms. The van der Waals surface area contributed by atoms with E-state index in [0.29, 0.717) is 5.75 Å². The Morgan fingerprint density at radius 2 is 2.05 bits per heavy atom. The summed E-state index contributed by atoms with van der Waals surface area (Å²) in [6.07, 6.45) is 0. The maximum Gasteiger partial charge on any atom is 0.270 e. The summed E-state index contributed by atoms with van der Waals surface area (Å²) in [4.78, 5) is 9.88. The van der Waals surface area contributed by atoms with Crippen LogP contribution in [0.5, 0.6) is 0 Å². The summed E-state index contributed by atoms with van der Waals surface area (Å²) in [5.74, 6) is 0.639. The Bertz CT molecular complexity index is 645. The molecule has 2 N–H and O–H groups in total. The zero-order chi connectivity index (χ0) is 16.0. The monoisotopic (exact) mass is 335 g/mol. The van der Waals surface area contributed by atoms with Crippen LogP contribution in [-0.4, -0.2) is 42.6 Å². The lowest BCUT2D eigenvalue weighted by Crippen LogP contribution is -2.28. The van der Waals surface area contributed by atoms with E-state index in [1.54, 1.807) is 6.92 Å². The lowest BCUT2D eigenvalue weighted by atomic mass is 10.3. The fraction of sp³-hybridized carbons (Fsp3) is 0.455. The van der Waals surface area contributed by atoms with Gasteiger partial charge in [0.2, 0.25) is 10.0 Å². The molecule has 0 heterocycles. The standard InChI is InChI=1S/C11H17N3O5S2/c1-3-20(17)7-6-13-21(18,19)11-8-9(14(15)16)4-5-10(11)12-2/h4-5,8,12-13H,3,6-7H2,1-2H3. The van der Waals surface area contributed by atoms with Crippen molar-refractivity contribution >= 4 is 32.2 Å². The van der Waals surface area contributed by atoms with Crippen molar-refractivity contribution in [3.63, 3.8) is 0 Å². The van der Waals surface area contributed by atoms with Crippen molar-refractivity contribution in [2.24, 2.45) is 0 Å². The molecule has 0 aliphatic rings. The van der Waals surface area contributed by atoms with Crippen LogP contribution in [0.15, 0.2) is 23.1 Å². The Labute approximate surface area is 125 Å². The number of non-ortho nitro benzene ring substituents is 1. The predicted octanol–water partition coefficient (Wildman–Crippen LogP) is 0.683. The molecule has 1 atom stereocenters. The Kier molecular flexibility index (Phi) is 6.24. The van der Waals surface area contributed by atoms with Gasteiger partial charge in [0.1, 0.15) is 4.90 Å². The molecule has 0 radical (unpaired) electrons. The Balaban J connectivity index is 3.03. The van der Waals surface area contributed by atoms with Crippen LogP contribution in [0.3, 0.4) is 0 Å². The van der Waals surface area contributed by atoms with E-state index in [0.717, 1.165) is 6.07 Å². The molecule has 1 unspecified atom stereocenters. The second kappa shape index (κ2) is 7.48. The molecule has 118 valence electrons. The number of nitro groups is 1. The molecular weight excluding hydrogens is 318 g/mol. The van der Waals surface area contributed by atoms with Crippen molar-refractivity contribution in [3.8, 4) is 0 Å². The van der Waals surface area contributed by atoms with E-state index in [2.05, 4.69) is 10.0 Å². The van der Waals surface area contributed by atoms with Crippen LogP contribution in [0, 0.1) is 10.1 Å². The highest BCUT2D eigenvalue weighted by molar-refractivity contribution is 7.89. The van der Waals surface area contributed by atoms with Gasteiger partial charge in [-0.15, -0.1) is 0 Å². The maximum atomic E-state index is 12.2. The van der Waals surface area contributed by atoms with Gasteiger partial charge in [-0.05, 0) is 6.07 Å². The zero-order valence-electron chi connectivity index (χ0n) is 11.7. The third-order valence-electron chi connectivity index (χ3n) is 2.68. The molecule has 21 heavy (non-hydrogen) atoms. The van der Waals surface area contributed by atoms with Crippen LogP contribution in [-0.2, 0) is 20.8 Å². The number of nitrogens with one attached hydrogen (secondary N) is 2. The van der Waals surface area contributed by atoms with Gasteiger partial charge in [-0.3, -0.25) is 14.3 Å². The minimum Gasteiger partial charge on any atom is -0.387 e. The third kappa shape index (κ3) is 4.76. The summed E-state index contributed by atoms with van der Waals surface area (Å²) in [6.45, 7) is 1.75. The SMILES string of the molecule is CCS(=O)CCNS(=O)(=O)c1cc([N+](=O)[O-])ccc1NC. The van der Waals surface area contributed by atoms with Gasteiger partial charge in [-0.1, -0.05) is 6.92 Å². The molecule has 1 rings (SSSR count). The van der Waals surface area contributed by atoms with E-state index in [-0.39, 0.29) is 28.6 Å². The fourth-order valence-electron chi connectivity index (χ4n) is 1.57. The third-order valence-corrected chi connectivity index (χ3v) is 5.48. The highest BCUT2D eigenvalue weighted by Crippen LogP contribution is 2.25. The molecular formula is C11H17N3O5S2. The van der Waals surface area contributed by atoms with Gasteiger partial charge >= 0.3 is 0 Å². The van der Waals surface area contributed by atoms with Crippen LogP contribution in [0.2, 0.25) is 0 Å². The summed E-state index contributed by atoms with van der Waals surface area (Å²) in [5.41, 5.74) is -0.0591. The number of nitro benzene ring substituents is 1. The number of hydrogen-bond donors (Lipinski definition) is 2. The van der Waals surface area contributed by atoms with E-state index in [9.17, 15) is 22.7 Å². The zero-order valence-corrected chi connectivity index (χ0v) is 13.3. The highest BCUT2D eigenvalue weighted by Gasteiger charge is 2.21. The lowest BCUT2D eigenvalue weighted by molar-refractivity contribution is -0.385. The Morgan fingerprint density at radius 3 is 2.57 bits per heavy atom. The van der Waals surface area contributed by atoms with Gasteiger partial charge in [0.25, 0.3) is 5.69 Å². The van der Waals surface area contributed by atoms with Crippen molar-refractivity contribution in [2.75, 3.05) is 30.4 Å². The number of anilines is 1. The van der Waals surface area contributed by atoms with Crippen molar-refractivity contribution in [1.82, 2.24) is 4.72 Å². The maximum absolute atomic E-state index is 12.2. The van der Waals surface area contributed by atoms with Crippen LogP contribution in [0.25, 0.3) is 0 Å². The molecule has 0 aromatic heterocycles. The smallest absolute Gasteiger partial charge is 0.270 e. The first kappa shape index (κ1) is 17.5. The summed E-state index contributed by atoms with van der Waals surface area (Å²) < 4.78 is 37.9. The molecule has 1 aromatic carbocycles. The molecule has 0 bridgehead atoms. The molecule has 1 aromatic rings. The molecule has 0 aliphatic heterocycles. The molecule has 0 saturated carbocycles. The Hall–Kier alpha value is -1.52. The van der Waals surface area contributed by atoms with E-state index in [1.165, 1.54) is 19.2 Å². The van der Waals surface area contributed by atoms with Gasteiger partial charge in [0.15, 0.2) is 0 Å². The van der Waals surface area contributed by atoms with Crippen molar-refractivity contribution in [3.05, 3.63) is 28.3 Å². The van der Waals surface area contributed by atoms with Crippen LogP contribution < -0.4 is 10.0 Å². The number of hydrogen-bond acceptors (Lipinski definition) is 6. The first-order chi connectivity index (χ1) is 9.81. The number of sulfonamides is 1. The van der Waals surface area contributed by atoms with Gasteiger partial charge in [0.05, 0.1) is 10.6 Å².